The maximum atomic E-state index is 2.30. The second-order valence-corrected chi connectivity index (χ2v) is 3.09. The summed E-state index contributed by atoms with van der Waals surface area (Å²) in [5, 5.41) is 0. The summed E-state index contributed by atoms with van der Waals surface area (Å²) >= 11 is 0. The zero-order valence-electron chi connectivity index (χ0n) is 5.67. The van der Waals surface area contributed by atoms with E-state index in [-0.39, 0.29) is 0 Å². The lowest BCUT2D eigenvalue weighted by molar-refractivity contribution is 0.535. The highest BCUT2D eigenvalue weighted by atomic mass is 15.1. The SMILES string of the molecule is CC1(n2cccc2)CC1. The van der Waals surface area contributed by atoms with Crippen LogP contribution in [0.3, 0.4) is 0 Å². The van der Waals surface area contributed by atoms with E-state index in [9.17, 15) is 0 Å². The van der Waals surface area contributed by atoms with Gasteiger partial charge in [0.15, 0.2) is 0 Å². The second-order valence-electron chi connectivity index (χ2n) is 3.09. The Bertz CT molecular complexity index is 194. The molecule has 0 bridgehead atoms. The molecule has 0 aliphatic heterocycles. The second kappa shape index (κ2) is 1.41. The molecule has 0 saturated heterocycles. The summed E-state index contributed by atoms with van der Waals surface area (Å²) in [6.07, 6.45) is 6.99. The largest absolute Gasteiger partial charge is 0.349 e. The van der Waals surface area contributed by atoms with Gasteiger partial charge < -0.3 is 4.57 Å². The van der Waals surface area contributed by atoms with Gasteiger partial charge in [0, 0.05) is 17.9 Å². The average Bonchev–Trinajstić information content (AvgIpc) is 2.46. The van der Waals surface area contributed by atoms with Crippen LogP contribution in [-0.4, -0.2) is 4.57 Å². The van der Waals surface area contributed by atoms with Crippen LogP contribution >= 0.6 is 0 Å². The van der Waals surface area contributed by atoms with E-state index >= 15 is 0 Å². The topological polar surface area (TPSA) is 4.93 Å². The normalized spacial score (nSPS) is 21.9. The van der Waals surface area contributed by atoms with Crippen molar-refractivity contribution in [2.75, 3.05) is 0 Å². The van der Waals surface area contributed by atoms with Gasteiger partial charge in [0.1, 0.15) is 0 Å². The third kappa shape index (κ3) is 0.680. The van der Waals surface area contributed by atoms with Crippen LogP contribution in [0.5, 0.6) is 0 Å². The van der Waals surface area contributed by atoms with Crippen LogP contribution in [0, 0.1) is 0 Å². The van der Waals surface area contributed by atoms with Gasteiger partial charge in [-0.2, -0.15) is 0 Å². The molecule has 1 heteroatoms. The first kappa shape index (κ1) is 5.10. The molecule has 1 aromatic heterocycles. The number of hydrogen-bond acceptors (Lipinski definition) is 0. The summed E-state index contributed by atoms with van der Waals surface area (Å²) in [6.45, 7) is 2.30. The van der Waals surface area contributed by atoms with E-state index in [1.54, 1.807) is 0 Å². The van der Waals surface area contributed by atoms with Gasteiger partial charge >= 0.3 is 0 Å². The van der Waals surface area contributed by atoms with Crippen molar-refractivity contribution in [3.05, 3.63) is 24.5 Å². The zero-order valence-corrected chi connectivity index (χ0v) is 5.67. The Labute approximate surface area is 55.3 Å². The molecule has 0 atom stereocenters. The quantitative estimate of drug-likeness (QED) is 0.535. The molecule has 0 spiro atoms. The number of hydrogen-bond donors (Lipinski definition) is 0. The number of aromatic nitrogens is 1. The first-order chi connectivity index (χ1) is 4.31. The van der Waals surface area contributed by atoms with Crippen LogP contribution in [0.15, 0.2) is 24.5 Å². The minimum atomic E-state index is 0.490. The Morgan fingerprint density at radius 1 is 1.22 bits per heavy atom. The van der Waals surface area contributed by atoms with E-state index in [0.29, 0.717) is 5.54 Å². The summed E-state index contributed by atoms with van der Waals surface area (Å²) in [5.74, 6) is 0. The van der Waals surface area contributed by atoms with Gasteiger partial charge in [0.25, 0.3) is 0 Å². The van der Waals surface area contributed by atoms with Gasteiger partial charge in [-0.1, -0.05) is 0 Å². The monoisotopic (exact) mass is 121 g/mol. The van der Waals surface area contributed by atoms with Crippen LogP contribution in [0.2, 0.25) is 0 Å². The van der Waals surface area contributed by atoms with Crippen LogP contribution in [0.25, 0.3) is 0 Å². The Morgan fingerprint density at radius 2 is 1.78 bits per heavy atom. The average molecular weight is 121 g/mol. The zero-order chi connectivity index (χ0) is 6.32. The third-order valence-corrected chi connectivity index (χ3v) is 2.20. The first-order valence-corrected chi connectivity index (χ1v) is 3.45. The molecule has 48 valence electrons. The van der Waals surface area contributed by atoms with Crippen molar-refractivity contribution < 1.29 is 0 Å². The molecule has 1 nitrogen and oxygen atoms in total. The summed E-state index contributed by atoms with van der Waals surface area (Å²) in [6, 6.07) is 4.17. The van der Waals surface area contributed by atoms with Gasteiger partial charge in [-0.05, 0) is 31.9 Å². The highest BCUT2D eigenvalue weighted by molar-refractivity contribution is 5.03. The molecule has 1 aliphatic carbocycles. The van der Waals surface area contributed by atoms with Gasteiger partial charge in [0.05, 0.1) is 0 Å². The molecule has 9 heavy (non-hydrogen) atoms. The summed E-state index contributed by atoms with van der Waals surface area (Å²) < 4.78 is 2.30. The molecule has 0 radical (unpaired) electrons. The third-order valence-electron chi connectivity index (χ3n) is 2.20. The minimum Gasteiger partial charge on any atom is -0.349 e. The van der Waals surface area contributed by atoms with E-state index < -0.39 is 0 Å². The van der Waals surface area contributed by atoms with Crippen molar-refractivity contribution >= 4 is 0 Å². The van der Waals surface area contributed by atoms with E-state index in [4.69, 9.17) is 0 Å². The Morgan fingerprint density at radius 3 is 2.22 bits per heavy atom. The van der Waals surface area contributed by atoms with Crippen LogP contribution < -0.4 is 0 Å². The van der Waals surface area contributed by atoms with Gasteiger partial charge in [0.2, 0.25) is 0 Å². The standard InChI is InChI=1S/C8H11N/c1-8(4-5-8)9-6-2-3-7-9/h2-3,6-7H,4-5H2,1H3. The fourth-order valence-corrected chi connectivity index (χ4v) is 1.13. The molecule has 1 aliphatic rings. The Hall–Kier alpha value is -0.720. The molecule has 1 aromatic rings. The van der Waals surface area contributed by atoms with Crippen molar-refractivity contribution in [2.45, 2.75) is 25.3 Å². The highest BCUT2D eigenvalue weighted by Crippen LogP contribution is 2.42. The smallest absolute Gasteiger partial charge is 0.0413 e. The lowest BCUT2D eigenvalue weighted by Crippen LogP contribution is -2.08. The molecular weight excluding hydrogens is 110 g/mol. The van der Waals surface area contributed by atoms with Crippen molar-refractivity contribution in [2.24, 2.45) is 0 Å². The van der Waals surface area contributed by atoms with E-state index in [1.807, 2.05) is 0 Å². The van der Waals surface area contributed by atoms with Crippen molar-refractivity contribution in [1.29, 1.82) is 0 Å². The van der Waals surface area contributed by atoms with E-state index in [2.05, 4.69) is 36.0 Å². The summed E-state index contributed by atoms with van der Waals surface area (Å²) in [5.41, 5.74) is 0.490. The summed E-state index contributed by atoms with van der Waals surface area (Å²) in [7, 11) is 0. The van der Waals surface area contributed by atoms with Crippen molar-refractivity contribution in [3.8, 4) is 0 Å². The van der Waals surface area contributed by atoms with E-state index in [1.165, 1.54) is 12.8 Å². The van der Waals surface area contributed by atoms with Crippen molar-refractivity contribution in [1.82, 2.24) is 4.57 Å². The molecular formula is C8H11N. The summed E-state index contributed by atoms with van der Waals surface area (Å²) in [4.78, 5) is 0. The lowest BCUT2D eigenvalue weighted by Gasteiger charge is -2.08. The maximum absolute atomic E-state index is 2.30. The molecule has 1 fully saturated rings. The van der Waals surface area contributed by atoms with Gasteiger partial charge in [-0.15, -0.1) is 0 Å². The molecule has 0 N–H and O–H groups in total. The van der Waals surface area contributed by atoms with Gasteiger partial charge in [-0.3, -0.25) is 0 Å². The van der Waals surface area contributed by atoms with E-state index in [0.717, 1.165) is 0 Å². The molecule has 0 unspecified atom stereocenters. The molecule has 2 rings (SSSR count). The first-order valence-electron chi connectivity index (χ1n) is 3.45. The van der Waals surface area contributed by atoms with Gasteiger partial charge in [-0.25, -0.2) is 0 Å². The molecule has 1 saturated carbocycles. The maximum Gasteiger partial charge on any atom is 0.0413 e. The molecule has 0 aromatic carbocycles. The lowest BCUT2D eigenvalue weighted by atomic mass is 10.3. The Balaban J connectivity index is 2.34. The molecule has 0 amide bonds. The Kier molecular flexibility index (Phi) is 0.797. The highest BCUT2D eigenvalue weighted by Gasteiger charge is 2.38. The van der Waals surface area contributed by atoms with Crippen molar-refractivity contribution in [3.63, 3.8) is 0 Å². The van der Waals surface area contributed by atoms with Crippen LogP contribution in [0.4, 0.5) is 0 Å². The predicted octanol–water partition coefficient (Wildman–Crippen LogP) is 2.00. The van der Waals surface area contributed by atoms with Crippen LogP contribution in [-0.2, 0) is 5.54 Å². The predicted molar refractivity (Wildman–Crippen MR) is 37.3 cm³/mol. The number of rotatable bonds is 1. The number of nitrogens with zero attached hydrogens (tertiary/aromatic N) is 1. The molecule has 1 heterocycles. The minimum absolute atomic E-state index is 0.490. The fraction of sp³-hybridized carbons (Fsp3) is 0.500. The fourth-order valence-electron chi connectivity index (χ4n) is 1.13. The van der Waals surface area contributed by atoms with Crippen LogP contribution in [0.1, 0.15) is 19.8 Å².